The number of hydrogen-bond acceptors (Lipinski definition) is 6. The highest BCUT2D eigenvalue weighted by Crippen LogP contribution is 2.28. The molecule has 2 aliphatic rings. The summed E-state index contributed by atoms with van der Waals surface area (Å²) < 4.78 is 41.5. The molecule has 2 heterocycles. The smallest absolute Gasteiger partial charge is 0.253 e. The van der Waals surface area contributed by atoms with Crippen molar-refractivity contribution in [2.75, 3.05) is 12.4 Å². The molecule has 1 saturated heterocycles. The minimum Gasteiger partial charge on any atom is -0.487 e. The number of anilines is 1. The lowest BCUT2D eigenvalue weighted by molar-refractivity contribution is -0.126. The van der Waals surface area contributed by atoms with E-state index in [0.29, 0.717) is 19.4 Å². The first kappa shape index (κ1) is 24.0. The van der Waals surface area contributed by atoms with Crippen molar-refractivity contribution in [1.29, 1.82) is 0 Å². The predicted molar refractivity (Wildman–Crippen MR) is 113 cm³/mol. The van der Waals surface area contributed by atoms with E-state index in [-0.39, 0.29) is 36.1 Å². The molecular formula is C23H28F2N2O5. The van der Waals surface area contributed by atoms with Gasteiger partial charge in [0.15, 0.2) is 11.6 Å². The number of carbonyl (C=O) groups is 1. The summed E-state index contributed by atoms with van der Waals surface area (Å²) in [6, 6.07) is 7.37. The number of amides is 1. The van der Waals surface area contributed by atoms with Crippen molar-refractivity contribution in [3.63, 3.8) is 0 Å². The third-order valence-corrected chi connectivity index (χ3v) is 5.18. The Labute approximate surface area is 185 Å². The number of aromatic nitrogens is 1. The van der Waals surface area contributed by atoms with Gasteiger partial charge in [-0.05, 0) is 44.0 Å². The summed E-state index contributed by atoms with van der Waals surface area (Å²) in [4.78, 5) is 16.1. The van der Waals surface area contributed by atoms with E-state index in [0.717, 1.165) is 30.3 Å². The number of benzene rings is 1. The summed E-state index contributed by atoms with van der Waals surface area (Å²) >= 11 is 0. The molecule has 2 aromatic rings. The summed E-state index contributed by atoms with van der Waals surface area (Å²) in [6.07, 6.45) is 3.61. The fraction of sp³-hybridized carbons (Fsp3) is 0.478. The number of aliphatic hydroxyl groups is 1. The SMILES string of the molecule is COCc1cc(NC(=O)C2CCC(C)O2)ccn1.OC1CC(Oc2cccc(F)c2F)C1. The van der Waals surface area contributed by atoms with Crippen LogP contribution in [0.15, 0.2) is 36.5 Å². The molecule has 1 aromatic heterocycles. The highest BCUT2D eigenvalue weighted by Gasteiger charge is 2.30. The van der Waals surface area contributed by atoms with E-state index >= 15 is 0 Å². The zero-order valence-corrected chi connectivity index (χ0v) is 18.1. The van der Waals surface area contributed by atoms with E-state index in [2.05, 4.69) is 10.3 Å². The summed E-state index contributed by atoms with van der Waals surface area (Å²) in [5, 5.41) is 11.8. The highest BCUT2D eigenvalue weighted by atomic mass is 19.2. The second-order valence-electron chi connectivity index (χ2n) is 7.89. The van der Waals surface area contributed by atoms with Crippen molar-refractivity contribution in [2.45, 2.75) is 63.6 Å². The Morgan fingerprint density at radius 1 is 1.28 bits per heavy atom. The van der Waals surface area contributed by atoms with Crippen molar-refractivity contribution in [3.05, 3.63) is 53.9 Å². The van der Waals surface area contributed by atoms with E-state index in [1.165, 1.54) is 12.1 Å². The number of aliphatic hydroxyl groups excluding tert-OH is 1. The van der Waals surface area contributed by atoms with Gasteiger partial charge in [-0.3, -0.25) is 9.78 Å². The molecular weight excluding hydrogens is 422 g/mol. The average Bonchev–Trinajstić information content (AvgIpc) is 3.18. The van der Waals surface area contributed by atoms with Crippen LogP contribution < -0.4 is 10.1 Å². The number of halogens is 2. The van der Waals surface area contributed by atoms with Crippen molar-refractivity contribution < 1.29 is 32.9 Å². The zero-order chi connectivity index (χ0) is 23.1. The fourth-order valence-electron chi connectivity index (χ4n) is 3.39. The van der Waals surface area contributed by atoms with Gasteiger partial charge in [-0.15, -0.1) is 0 Å². The molecule has 0 spiro atoms. The van der Waals surface area contributed by atoms with Gasteiger partial charge in [-0.2, -0.15) is 4.39 Å². The Morgan fingerprint density at radius 2 is 2.06 bits per heavy atom. The summed E-state index contributed by atoms with van der Waals surface area (Å²) in [7, 11) is 1.61. The van der Waals surface area contributed by atoms with Crippen LogP contribution in [0.5, 0.6) is 5.75 Å². The molecule has 0 radical (unpaired) electrons. The summed E-state index contributed by atoms with van der Waals surface area (Å²) in [5.41, 5.74) is 1.52. The third kappa shape index (κ3) is 6.69. The van der Waals surface area contributed by atoms with E-state index in [9.17, 15) is 13.6 Å². The lowest BCUT2D eigenvalue weighted by atomic mass is 9.92. The normalized spacial score (nSPS) is 24.2. The Kier molecular flexibility index (Phi) is 8.49. The van der Waals surface area contributed by atoms with Gasteiger partial charge in [0.05, 0.1) is 24.5 Å². The second kappa shape index (κ2) is 11.3. The van der Waals surface area contributed by atoms with E-state index < -0.39 is 11.6 Å². The molecule has 2 atom stereocenters. The lowest BCUT2D eigenvalue weighted by Crippen LogP contribution is -2.37. The van der Waals surface area contributed by atoms with Crippen LogP contribution in [0.25, 0.3) is 0 Å². The fourth-order valence-corrected chi connectivity index (χ4v) is 3.39. The minimum atomic E-state index is -0.964. The number of nitrogens with zero attached hydrogens (tertiary/aromatic N) is 1. The van der Waals surface area contributed by atoms with E-state index in [1.807, 2.05) is 6.92 Å². The van der Waals surface area contributed by atoms with Crippen LogP contribution in [0, 0.1) is 11.6 Å². The molecule has 1 saturated carbocycles. The molecule has 174 valence electrons. The Morgan fingerprint density at radius 3 is 2.72 bits per heavy atom. The molecule has 1 aliphatic heterocycles. The molecule has 1 aromatic carbocycles. The van der Waals surface area contributed by atoms with Crippen molar-refractivity contribution in [2.24, 2.45) is 0 Å². The standard InChI is InChI=1S/C13H18N2O3.C10H10F2O2/c1-9-3-4-12(18-9)13(16)15-10-5-6-14-11(7-10)8-17-2;11-8-2-1-3-9(10(8)12)14-7-4-6(13)5-7/h5-7,9,12H,3-4,8H2,1-2H3,(H,14,15,16);1-3,6-7,13H,4-5H2. The first-order valence-corrected chi connectivity index (χ1v) is 10.5. The number of hydrogen-bond donors (Lipinski definition) is 2. The number of ether oxygens (including phenoxy) is 3. The van der Waals surface area contributed by atoms with E-state index in [1.54, 1.807) is 25.4 Å². The first-order chi connectivity index (χ1) is 15.4. The van der Waals surface area contributed by atoms with Gasteiger partial charge in [0.1, 0.15) is 12.2 Å². The number of carbonyl (C=O) groups excluding carboxylic acids is 1. The first-order valence-electron chi connectivity index (χ1n) is 10.5. The Hall–Kier alpha value is -2.62. The number of rotatable bonds is 6. The van der Waals surface area contributed by atoms with Crippen LogP contribution >= 0.6 is 0 Å². The minimum absolute atomic E-state index is 0.0816. The summed E-state index contributed by atoms with van der Waals surface area (Å²) in [6.45, 7) is 2.41. The van der Waals surface area contributed by atoms with Gasteiger partial charge in [0.2, 0.25) is 5.82 Å². The van der Waals surface area contributed by atoms with Crippen molar-refractivity contribution >= 4 is 11.6 Å². The van der Waals surface area contributed by atoms with Gasteiger partial charge in [0.25, 0.3) is 5.91 Å². The molecule has 32 heavy (non-hydrogen) atoms. The van der Waals surface area contributed by atoms with Crippen LogP contribution in [0.1, 0.15) is 38.3 Å². The van der Waals surface area contributed by atoms with Crippen LogP contribution in [0.4, 0.5) is 14.5 Å². The van der Waals surface area contributed by atoms with E-state index in [4.69, 9.17) is 19.3 Å². The van der Waals surface area contributed by atoms with Crippen LogP contribution in [0.3, 0.4) is 0 Å². The molecule has 0 bridgehead atoms. The molecule has 2 N–H and O–H groups in total. The van der Waals surface area contributed by atoms with Gasteiger partial charge >= 0.3 is 0 Å². The van der Waals surface area contributed by atoms with Gasteiger partial charge in [-0.1, -0.05) is 6.07 Å². The molecule has 4 rings (SSSR count). The highest BCUT2D eigenvalue weighted by molar-refractivity contribution is 5.94. The zero-order valence-electron chi connectivity index (χ0n) is 18.1. The van der Waals surface area contributed by atoms with Crippen LogP contribution in [-0.2, 0) is 20.9 Å². The van der Waals surface area contributed by atoms with Crippen molar-refractivity contribution in [1.82, 2.24) is 4.98 Å². The second-order valence-corrected chi connectivity index (χ2v) is 7.89. The Bertz CT molecular complexity index is 908. The van der Waals surface area contributed by atoms with Crippen molar-refractivity contribution in [3.8, 4) is 5.75 Å². The van der Waals surface area contributed by atoms with Gasteiger partial charge in [0, 0.05) is 31.8 Å². The maximum atomic E-state index is 13.1. The molecule has 2 unspecified atom stereocenters. The van der Waals surface area contributed by atoms with Gasteiger partial charge in [-0.25, -0.2) is 4.39 Å². The monoisotopic (exact) mass is 450 g/mol. The maximum Gasteiger partial charge on any atom is 0.253 e. The van der Waals surface area contributed by atoms with Crippen LogP contribution in [0.2, 0.25) is 0 Å². The number of pyridine rings is 1. The molecule has 2 fully saturated rings. The van der Waals surface area contributed by atoms with Gasteiger partial charge < -0.3 is 24.6 Å². The quantitative estimate of drug-likeness (QED) is 0.699. The molecule has 1 amide bonds. The molecule has 7 nitrogen and oxygen atoms in total. The predicted octanol–water partition coefficient (Wildman–Crippen LogP) is 3.60. The largest absolute Gasteiger partial charge is 0.487 e. The topological polar surface area (TPSA) is 89.9 Å². The molecule has 9 heteroatoms. The van der Waals surface area contributed by atoms with Crippen LogP contribution in [-0.4, -0.2) is 47.5 Å². The third-order valence-electron chi connectivity index (χ3n) is 5.18. The maximum absolute atomic E-state index is 13.1. The summed E-state index contributed by atoms with van der Waals surface area (Å²) in [5.74, 6) is -2.05. The Balaban J connectivity index is 0.000000186. The number of nitrogens with one attached hydrogen (secondary N) is 1. The average molecular weight is 450 g/mol. The number of methoxy groups -OCH3 is 1. The lowest BCUT2D eigenvalue weighted by Gasteiger charge is -2.31. The molecule has 1 aliphatic carbocycles.